The van der Waals surface area contributed by atoms with E-state index in [0.717, 1.165) is 0 Å². The summed E-state index contributed by atoms with van der Waals surface area (Å²) in [4.78, 5) is 48.7. The highest BCUT2D eigenvalue weighted by atomic mass is 16.6. The Morgan fingerprint density at radius 1 is 1.27 bits per heavy atom. The summed E-state index contributed by atoms with van der Waals surface area (Å²) in [6, 6.07) is 8.93. The van der Waals surface area contributed by atoms with Gasteiger partial charge in [-0.1, -0.05) is 12.1 Å². The minimum absolute atomic E-state index is 0.0430. The fourth-order valence-electron chi connectivity index (χ4n) is 3.96. The van der Waals surface area contributed by atoms with Crippen molar-refractivity contribution >= 4 is 23.7 Å². The fourth-order valence-corrected chi connectivity index (χ4v) is 3.96. The normalized spacial score (nSPS) is 19.3. The van der Waals surface area contributed by atoms with Gasteiger partial charge in [-0.15, -0.1) is 0 Å². The van der Waals surface area contributed by atoms with Crippen molar-refractivity contribution < 1.29 is 33.9 Å². The first-order valence-electron chi connectivity index (χ1n) is 10.1. The van der Waals surface area contributed by atoms with Gasteiger partial charge in [0.1, 0.15) is 11.5 Å². The first kappa shape index (κ1) is 23.7. The highest BCUT2D eigenvalue weighted by molar-refractivity contribution is 5.85. The number of non-ortho nitro benzene ring substituents is 1. The smallest absolute Gasteiger partial charge is 0.414 e. The van der Waals surface area contributed by atoms with Crippen LogP contribution in [0.15, 0.2) is 36.4 Å². The summed E-state index contributed by atoms with van der Waals surface area (Å²) < 4.78 is 10.9. The van der Waals surface area contributed by atoms with Crippen molar-refractivity contribution in [2.75, 3.05) is 14.1 Å². The average molecular weight is 456 g/mol. The number of nitro groups is 1. The zero-order valence-electron chi connectivity index (χ0n) is 18.7. The van der Waals surface area contributed by atoms with E-state index in [0.29, 0.717) is 16.7 Å². The number of carboxylic acids is 1. The molecule has 2 unspecified atom stereocenters. The standard InChI is InChI=1S/C23H24N2O8/c1-13-8-16-17(10-20(26)27)23(2,12-14-6-5-7-15(9-14)25(30)31)21(28)32-19(16)11-18(13)33-22(29)24(3)4/h5-9,11,17H,10,12H2,1-4H3,(H,26,27). The topological polar surface area (TPSA) is 136 Å². The van der Waals surface area contributed by atoms with Crippen molar-refractivity contribution in [3.8, 4) is 11.5 Å². The number of amides is 1. The lowest BCUT2D eigenvalue weighted by Gasteiger charge is -2.40. The van der Waals surface area contributed by atoms with Crippen molar-refractivity contribution in [3.05, 3.63) is 63.2 Å². The third kappa shape index (κ3) is 4.79. The first-order chi connectivity index (χ1) is 15.4. The molecule has 0 aliphatic carbocycles. The molecule has 3 rings (SSSR count). The minimum Gasteiger partial charge on any atom is -0.481 e. The molecular weight excluding hydrogens is 432 g/mol. The number of ether oxygens (including phenoxy) is 2. The van der Waals surface area contributed by atoms with Gasteiger partial charge in [0.15, 0.2) is 0 Å². The van der Waals surface area contributed by atoms with Crippen LogP contribution in [0.3, 0.4) is 0 Å². The monoisotopic (exact) mass is 456 g/mol. The predicted molar refractivity (Wildman–Crippen MR) is 116 cm³/mol. The molecule has 174 valence electrons. The van der Waals surface area contributed by atoms with Gasteiger partial charge in [0.2, 0.25) is 0 Å². The number of benzene rings is 2. The molecule has 1 N–H and O–H groups in total. The van der Waals surface area contributed by atoms with Gasteiger partial charge in [0.05, 0.1) is 16.8 Å². The van der Waals surface area contributed by atoms with Crippen LogP contribution in [0, 0.1) is 22.5 Å². The lowest BCUT2D eigenvalue weighted by molar-refractivity contribution is -0.384. The Morgan fingerprint density at radius 2 is 1.97 bits per heavy atom. The molecule has 1 heterocycles. The Labute approximate surface area is 189 Å². The molecule has 0 fully saturated rings. The van der Waals surface area contributed by atoms with Crippen molar-refractivity contribution in [2.45, 2.75) is 32.6 Å². The number of rotatable bonds is 6. The summed E-state index contributed by atoms with van der Waals surface area (Å²) in [5.41, 5.74) is 0.144. The summed E-state index contributed by atoms with van der Waals surface area (Å²) in [6.07, 6.45) is -0.928. The average Bonchev–Trinajstić information content (AvgIpc) is 2.73. The van der Waals surface area contributed by atoms with E-state index in [2.05, 4.69) is 0 Å². The number of hydrogen-bond donors (Lipinski definition) is 1. The van der Waals surface area contributed by atoms with Crippen LogP contribution in [0.5, 0.6) is 11.5 Å². The molecular formula is C23H24N2O8. The molecule has 0 bridgehead atoms. The van der Waals surface area contributed by atoms with Gasteiger partial charge >= 0.3 is 18.0 Å². The molecule has 2 aromatic carbocycles. The number of esters is 1. The van der Waals surface area contributed by atoms with Crippen molar-refractivity contribution in [1.29, 1.82) is 0 Å². The van der Waals surface area contributed by atoms with Crippen LogP contribution < -0.4 is 9.47 Å². The Morgan fingerprint density at radius 3 is 2.58 bits per heavy atom. The highest BCUT2D eigenvalue weighted by Crippen LogP contribution is 2.50. The number of aliphatic carboxylic acids is 1. The van der Waals surface area contributed by atoms with Crippen molar-refractivity contribution in [2.24, 2.45) is 5.41 Å². The van der Waals surface area contributed by atoms with Crippen LogP contribution in [-0.4, -0.2) is 47.1 Å². The Kier molecular flexibility index (Phi) is 6.39. The summed E-state index contributed by atoms with van der Waals surface area (Å²) in [6.45, 7) is 3.30. The molecule has 2 aromatic rings. The number of carbonyl (C=O) groups excluding carboxylic acids is 2. The zero-order chi connectivity index (χ0) is 24.5. The molecule has 0 aromatic heterocycles. The van der Waals surface area contributed by atoms with Gasteiger partial charge in [-0.05, 0) is 37.5 Å². The first-order valence-corrected chi connectivity index (χ1v) is 10.1. The minimum atomic E-state index is -1.30. The van der Waals surface area contributed by atoms with Gasteiger partial charge < -0.3 is 19.5 Å². The summed E-state index contributed by atoms with van der Waals surface area (Å²) in [7, 11) is 3.05. The molecule has 10 nitrogen and oxygen atoms in total. The predicted octanol–water partition coefficient (Wildman–Crippen LogP) is 3.69. The number of nitrogens with zero attached hydrogens (tertiary/aromatic N) is 2. The van der Waals surface area contributed by atoms with E-state index < -0.39 is 34.3 Å². The number of nitro benzene ring substituents is 1. The number of carboxylic acid groups (broad SMARTS) is 1. The van der Waals surface area contributed by atoms with E-state index in [1.165, 1.54) is 43.3 Å². The number of carbonyl (C=O) groups is 3. The lowest BCUT2D eigenvalue weighted by atomic mass is 9.66. The van der Waals surface area contributed by atoms with Crippen LogP contribution >= 0.6 is 0 Å². The largest absolute Gasteiger partial charge is 0.481 e. The second-order valence-corrected chi connectivity index (χ2v) is 8.48. The van der Waals surface area contributed by atoms with E-state index in [1.807, 2.05) is 0 Å². The second kappa shape index (κ2) is 8.89. The third-order valence-corrected chi connectivity index (χ3v) is 5.75. The van der Waals surface area contributed by atoms with Crippen LogP contribution in [0.1, 0.15) is 36.0 Å². The van der Waals surface area contributed by atoms with Gasteiger partial charge in [-0.25, -0.2) is 4.79 Å². The molecule has 0 saturated heterocycles. The second-order valence-electron chi connectivity index (χ2n) is 8.48. The number of hydrogen-bond acceptors (Lipinski definition) is 7. The Balaban J connectivity index is 2.06. The number of aryl methyl sites for hydroxylation is 1. The molecule has 33 heavy (non-hydrogen) atoms. The van der Waals surface area contributed by atoms with E-state index in [1.54, 1.807) is 26.0 Å². The molecule has 10 heteroatoms. The van der Waals surface area contributed by atoms with Crippen LogP contribution in [0.2, 0.25) is 0 Å². The highest BCUT2D eigenvalue weighted by Gasteiger charge is 2.49. The van der Waals surface area contributed by atoms with Gasteiger partial charge in [-0.2, -0.15) is 0 Å². The molecule has 0 saturated carbocycles. The Hall–Kier alpha value is -3.95. The van der Waals surface area contributed by atoms with Crippen LogP contribution in [-0.2, 0) is 16.0 Å². The SMILES string of the molecule is Cc1cc2c(cc1OC(=O)N(C)C)OC(=O)C(C)(Cc1cccc([N+](=O)[O-])c1)C2CC(=O)O. The van der Waals surface area contributed by atoms with Crippen LogP contribution in [0.25, 0.3) is 0 Å². The Bertz CT molecular complexity index is 1140. The molecule has 2 atom stereocenters. The summed E-state index contributed by atoms with van der Waals surface area (Å²) in [5, 5.41) is 20.7. The third-order valence-electron chi connectivity index (χ3n) is 5.75. The van der Waals surface area contributed by atoms with Gasteiger partial charge in [0.25, 0.3) is 5.69 Å². The quantitative estimate of drug-likeness (QED) is 0.301. The maximum atomic E-state index is 13.2. The lowest BCUT2D eigenvalue weighted by Crippen LogP contribution is -2.44. The van der Waals surface area contributed by atoms with E-state index >= 15 is 0 Å². The zero-order valence-corrected chi connectivity index (χ0v) is 18.7. The van der Waals surface area contributed by atoms with E-state index in [9.17, 15) is 29.6 Å². The van der Waals surface area contributed by atoms with Gasteiger partial charge in [0, 0.05) is 43.8 Å². The van der Waals surface area contributed by atoms with E-state index in [-0.39, 0.29) is 30.0 Å². The maximum Gasteiger partial charge on any atom is 0.414 e. The van der Waals surface area contributed by atoms with Crippen LogP contribution in [0.4, 0.5) is 10.5 Å². The molecule has 1 amide bonds. The molecule has 1 aliphatic rings. The number of fused-ring (bicyclic) bond motifs is 1. The molecule has 0 radical (unpaired) electrons. The van der Waals surface area contributed by atoms with E-state index in [4.69, 9.17) is 9.47 Å². The van der Waals surface area contributed by atoms with Crippen molar-refractivity contribution in [3.63, 3.8) is 0 Å². The van der Waals surface area contributed by atoms with Crippen molar-refractivity contribution in [1.82, 2.24) is 4.90 Å². The summed E-state index contributed by atoms with van der Waals surface area (Å²) in [5.74, 6) is -2.23. The fraction of sp³-hybridized carbons (Fsp3) is 0.348. The maximum absolute atomic E-state index is 13.2. The van der Waals surface area contributed by atoms with Gasteiger partial charge in [-0.3, -0.25) is 19.7 Å². The molecule has 1 aliphatic heterocycles. The summed E-state index contributed by atoms with van der Waals surface area (Å²) >= 11 is 0. The molecule has 0 spiro atoms.